The van der Waals surface area contributed by atoms with Crippen molar-refractivity contribution in [1.29, 1.82) is 0 Å². The van der Waals surface area contributed by atoms with E-state index in [-0.39, 0.29) is 6.04 Å². The van der Waals surface area contributed by atoms with Crippen molar-refractivity contribution in [3.63, 3.8) is 0 Å². The maximum absolute atomic E-state index is 6.01. The molecule has 2 N–H and O–H groups in total. The van der Waals surface area contributed by atoms with Gasteiger partial charge in [0.2, 0.25) is 6.79 Å². The maximum Gasteiger partial charge on any atom is 0.229 e. The van der Waals surface area contributed by atoms with Crippen molar-refractivity contribution in [1.82, 2.24) is 0 Å². The molecular weight excluding hydrogens is 190 g/mol. The Hall–Kier alpha value is -1.48. The lowest BCUT2D eigenvalue weighted by Gasteiger charge is -2.11. The van der Waals surface area contributed by atoms with Gasteiger partial charge in [-0.15, -0.1) is 0 Å². The number of hydrogen-bond donors (Lipinski definition) is 1. The summed E-state index contributed by atoms with van der Waals surface area (Å²) < 4.78 is 10.2. The van der Waals surface area contributed by atoms with Gasteiger partial charge in [0.15, 0.2) is 0 Å². The highest BCUT2D eigenvalue weighted by molar-refractivity contribution is 5.16. The summed E-state index contributed by atoms with van der Waals surface area (Å²) in [5, 5.41) is 0. The third-order valence-corrected chi connectivity index (χ3v) is 2.33. The van der Waals surface area contributed by atoms with E-state index in [1.165, 1.54) is 5.56 Å². The van der Waals surface area contributed by atoms with Crippen molar-refractivity contribution >= 4 is 0 Å². The summed E-state index contributed by atoms with van der Waals surface area (Å²) >= 11 is 0. The van der Waals surface area contributed by atoms with E-state index in [1.807, 2.05) is 18.2 Å². The van der Waals surface area contributed by atoms with Crippen molar-refractivity contribution < 1.29 is 9.47 Å². The zero-order valence-electron chi connectivity index (χ0n) is 8.56. The Morgan fingerprint density at radius 2 is 2.00 bits per heavy atom. The van der Waals surface area contributed by atoms with Gasteiger partial charge >= 0.3 is 0 Å². The molecule has 1 aliphatic heterocycles. The van der Waals surface area contributed by atoms with Crippen molar-refractivity contribution in [2.75, 3.05) is 6.79 Å². The third kappa shape index (κ3) is 2.99. The summed E-state index contributed by atoms with van der Waals surface area (Å²) in [6, 6.07) is 10.3. The van der Waals surface area contributed by atoms with E-state index >= 15 is 0 Å². The summed E-state index contributed by atoms with van der Waals surface area (Å²) in [5.41, 5.74) is 7.26. The minimum Gasteiger partial charge on any atom is -0.462 e. The van der Waals surface area contributed by atoms with E-state index in [2.05, 4.69) is 12.1 Å². The van der Waals surface area contributed by atoms with Gasteiger partial charge in [-0.2, -0.15) is 0 Å². The molecule has 0 aliphatic carbocycles. The number of ether oxygens (including phenoxy) is 2. The van der Waals surface area contributed by atoms with E-state index in [1.54, 1.807) is 6.26 Å². The van der Waals surface area contributed by atoms with Crippen LogP contribution in [-0.2, 0) is 15.9 Å². The van der Waals surface area contributed by atoms with Gasteiger partial charge in [-0.05, 0) is 12.0 Å². The minimum atomic E-state index is 0.0837. The maximum atomic E-state index is 6.01. The lowest BCUT2D eigenvalue weighted by molar-refractivity contribution is 0.0770. The largest absolute Gasteiger partial charge is 0.462 e. The third-order valence-electron chi connectivity index (χ3n) is 2.33. The second kappa shape index (κ2) is 4.84. The molecule has 0 radical (unpaired) electrons. The van der Waals surface area contributed by atoms with Gasteiger partial charge in [0.25, 0.3) is 0 Å². The first-order chi connectivity index (χ1) is 7.34. The topological polar surface area (TPSA) is 44.5 Å². The lowest BCUT2D eigenvalue weighted by atomic mass is 10.0. The molecule has 0 saturated heterocycles. The molecule has 0 amide bonds. The van der Waals surface area contributed by atoms with Crippen molar-refractivity contribution in [2.45, 2.75) is 18.9 Å². The summed E-state index contributed by atoms with van der Waals surface area (Å²) in [6.45, 7) is 0.327. The van der Waals surface area contributed by atoms with Crippen LogP contribution >= 0.6 is 0 Å². The van der Waals surface area contributed by atoms with Crippen LogP contribution in [0.4, 0.5) is 0 Å². The van der Waals surface area contributed by atoms with Crippen molar-refractivity contribution in [2.24, 2.45) is 5.73 Å². The van der Waals surface area contributed by atoms with E-state index in [9.17, 15) is 0 Å². The zero-order valence-corrected chi connectivity index (χ0v) is 8.56. The van der Waals surface area contributed by atoms with Crippen LogP contribution in [0.3, 0.4) is 0 Å². The molecule has 1 atom stereocenters. The lowest BCUT2D eigenvalue weighted by Crippen LogP contribution is -2.23. The Morgan fingerprint density at radius 3 is 2.67 bits per heavy atom. The standard InChI is InChI=1S/C12H15NO2/c13-11(7-12-8-14-9-15-12)6-10-4-2-1-3-5-10/h1-5,8,11H,6-7,9,13H2. The molecule has 0 saturated carbocycles. The second-order valence-corrected chi connectivity index (χ2v) is 3.67. The molecule has 1 aromatic rings. The molecule has 3 heteroatoms. The van der Waals surface area contributed by atoms with Crippen LogP contribution in [0, 0.1) is 0 Å². The molecule has 3 nitrogen and oxygen atoms in total. The fraction of sp³-hybridized carbons (Fsp3) is 0.333. The van der Waals surface area contributed by atoms with Crippen molar-refractivity contribution in [3.8, 4) is 0 Å². The summed E-state index contributed by atoms with van der Waals surface area (Å²) in [7, 11) is 0. The Balaban J connectivity index is 1.84. The Bertz CT molecular complexity index is 335. The smallest absolute Gasteiger partial charge is 0.229 e. The monoisotopic (exact) mass is 205 g/mol. The first-order valence-corrected chi connectivity index (χ1v) is 5.07. The van der Waals surface area contributed by atoms with E-state index in [4.69, 9.17) is 15.2 Å². The molecule has 1 unspecified atom stereocenters. The summed E-state index contributed by atoms with van der Waals surface area (Å²) in [4.78, 5) is 0. The van der Waals surface area contributed by atoms with Crippen molar-refractivity contribution in [3.05, 3.63) is 47.9 Å². The van der Waals surface area contributed by atoms with Crippen LogP contribution in [-0.4, -0.2) is 12.8 Å². The highest BCUT2D eigenvalue weighted by Gasteiger charge is 2.12. The first-order valence-electron chi connectivity index (χ1n) is 5.07. The molecule has 15 heavy (non-hydrogen) atoms. The molecular formula is C12H15NO2. The quantitative estimate of drug-likeness (QED) is 0.815. The van der Waals surface area contributed by atoms with Crippen LogP contribution in [0.5, 0.6) is 0 Å². The Labute approximate surface area is 89.5 Å². The van der Waals surface area contributed by atoms with Gasteiger partial charge in [-0.3, -0.25) is 0 Å². The van der Waals surface area contributed by atoms with Gasteiger partial charge < -0.3 is 15.2 Å². The van der Waals surface area contributed by atoms with Crippen LogP contribution in [0.1, 0.15) is 12.0 Å². The first kappa shape index (κ1) is 10.1. The fourth-order valence-electron chi connectivity index (χ4n) is 1.63. The number of rotatable bonds is 4. The number of nitrogens with two attached hydrogens (primary N) is 1. The van der Waals surface area contributed by atoms with Crippen LogP contribution in [0.25, 0.3) is 0 Å². The van der Waals surface area contributed by atoms with Gasteiger partial charge in [-0.1, -0.05) is 30.3 Å². The minimum absolute atomic E-state index is 0.0837. The predicted octanol–water partition coefficient (Wildman–Crippen LogP) is 1.79. The average Bonchev–Trinajstić information content (AvgIpc) is 2.71. The van der Waals surface area contributed by atoms with E-state index in [0.29, 0.717) is 6.79 Å². The molecule has 1 aliphatic rings. The molecule has 1 heterocycles. The highest BCUT2D eigenvalue weighted by atomic mass is 16.7. The van der Waals surface area contributed by atoms with Gasteiger partial charge in [-0.25, -0.2) is 0 Å². The Morgan fingerprint density at radius 1 is 1.20 bits per heavy atom. The Kier molecular flexibility index (Phi) is 3.25. The SMILES string of the molecule is NC(CC1=COCO1)Cc1ccccc1. The summed E-state index contributed by atoms with van der Waals surface area (Å²) in [6.07, 6.45) is 3.24. The van der Waals surface area contributed by atoms with Crippen LogP contribution in [0.15, 0.2) is 42.4 Å². The van der Waals surface area contributed by atoms with Gasteiger partial charge in [0, 0.05) is 12.5 Å². The fourth-order valence-corrected chi connectivity index (χ4v) is 1.63. The number of benzene rings is 1. The van der Waals surface area contributed by atoms with Crippen LogP contribution in [0.2, 0.25) is 0 Å². The van der Waals surface area contributed by atoms with Crippen LogP contribution < -0.4 is 5.73 Å². The molecule has 0 bridgehead atoms. The van der Waals surface area contributed by atoms with Gasteiger partial charge in [0.05, 0.1) is 0 Å². The second-order valence-electron chi connectivity index (χ2n) is 3.67. The number of hydrogen-bond acceptors (Lipinski definition) is 3. The molecule has 1 aromatic carbocycles. The molecule has 0 spiro atoms. The molecule has 2 rings (SSSR count). The van der Waals surface area contributed by atoms with E-state index in [0.717, 1.165) is 18.6 Å². The van der Waals surface area contributed by atoms with Gasteiger partial charge in [0.1, 0.15) is 12.0 Å². The van der Waals surface area contributed by atoms with E-state index < -0.39 is 0 Å². The zero-order chi connectivity index (χ0) is 10.5. The molecule has 0 aromatic heterocycles. The average molecular weight is 205 g/mol. The highest BCUT2D eigenvalue weighted by Crippen LogP contribution is 2.14. The summed E-state index contributed by atoms with van der Waals surface area (Å²) in [5.74, 6) is 0.846. The normalized spacial score (nSPS) is 16.5. The molecule has 80 valence electrons. The predicted molar refractivity (Wildman–Crippen MR) is 57.9 cm³/mol. The molecule has 0 fully saturated rings.